The van der Waals surface area contributed by atoms with Crippen molar-refractivity contribution >= 4 is 29.9 Å². The van der Waals surface area contributed by atoms with Gasteiger partial charge in [-0.1, -0.05) is 19.3 Å². The summed E-state index contributed by atoms with van der Waals surface area (Å²) in [4.78, 5) is 22.9. The number of halogens is 1. The van der Waals surface area contributed by atoms with Crippen LogP contribution in [0.2, 0.25) is 0 Å². The van der Waals surface area contributed by atoms with Crippen LogP contribution in [-0.4, -0.2) is 24.0 Å². The van der Waals surface area contributed by atoms with Crippen LogP contribution in [0.25, 0.3) is 0 Å². The normalized spacial score (nSPS) is 16.0. The van der Waals surface area contributed by atoms with Crippen LogP contribution in [0, 0.1) is 0 Å². The van der Waals surface area contributed by atoms with E-state index >= 15 is 0 Å². The number of benzene rings is 1. The Morgan fingerprint density at radius 1 is 1.13 bits per heavy atom. The Balaban J connectivity index is 0.00000264. The number of rotatable bonds is 6. The highest BCUT2D eigenvalue weighted by molar-refractivity contribution is 5.98. The van der Waals surface area contributed by atoms with E-state index in [2.05, 4.69) is 5.32 Å². The Morgan fingerprint density at radius 3 is 2.30 bits per heavy atom. The lowest BCUT2D eigenvalue weighted by Gasteiger charge is -2.31. The zero-order chi connectivity index (χ0) is 16.0. The molecule has 0 spiro atoms. The van der Waals surface area contributed by atoms with E-state index in [0.29, 0.717) is 11.4 Å². The van der Waals surface area contributed by atoms with E-state index in [-0.39, 0.29) is 31.3 Å². The summed E-state index contributed by atoms with van der Waals surface area (Å²) in [5, 5.41) is 2.86. The van der Waals surface area contributed by atoms with Gasteiger partial charge in [0.05, 0.1) is 18.6 Å². The zero-order valence-corrected chi connectivity index (χ0v) is 13.9. The SMILES string of the molecule is Cl.NC(=O)CCOc1ccc(NC(=O)C2(N)CCCCC2)cc1. The predicted octanol–water partition coefficient (Wildman–Crippen LogP) is 1.96. The summed E-state index contributed by atoms with van der Waals surface area (Å²) >= 11 is 0. The molecule has 5 N–H and O–H groups in total. The minimum Gasteiger partial charge on any atom is -0.493 e. The summed E-state index contributed by atoms with van der Waals surface area (Å²) in [6.45, 7) is 0.243. The Labute approximate surface area is 142 Å². The molecule has 1 aromatic rings. The lowest BCUT2D eigenvalue weighted by Crippen LogP contribution is -2.52. The number of amides is 2. The molecule has 0 unspecified atom stereocenters. The molecule has 1 fully saturated rings. The molecule has 1 aromatic carbocycles. The van der Waals surface area contributed by atoms with Gasteiger partial charge in [0.25, 0.3) is 0 Å². The summed E-state index contributed by atoms with van der Waals surface area (Å²) in [6.07, 6.45) is 4.77. The molecule has 6 nitrogen and oxygen atoms in total. The van der Waals surface area contributed by atoms with E-state index in [1.54, 1.807) is 24.3 Å². The van der Waals surface area contributed by atoms with Crippen molar-refractivity contribution in [1.82, 2.24) is 0 Å². The molecule has 1 aliphatic carbocycles. The van der Waals surface area contributed by atoms with Gasteiger partial charge in [0.2, 0.25) is 11.8 Å². The number of nitrogens with two attached hydrogens (primary N) is 2. The molecule has 23 heavy (non-hydrogen) atoms. The molecular weight excluding hydrogens is 318 g/mol. The third-order valence-electron chi connectivity index (χ3n) is 3.93. The minimum atomic E-state index is -0.755. The molecule has 7 heteroatoms. The summed E-state index contributed by atoms with van der Waals surface area (Å²) in [7, 11) is 0. The summed E-state index contributed by atoms with van der Waals surface area (Å²) in [5.41, 5.74) is 11.2. The molecule has 0 aliphatic heterocycles. The lowest BCUT2D eigenvalue weighted by molar-refractivity contribution is -0.122. The summed E-state index contributed by atoms with van der Waals surface area (Å²) in [5.74, 6) is 0.0959. The molecule has 0 aromatic heterocycles. The van der Waals surface area contributed by atoms with Crippen LogP contribution in [0.4, 0.5) is 5.69 Å². The third-order valence-corrected chi connectivity index (χ3v) is 3.93. The maximum absolute atomic E-state index is 12.3. The fourth-order valence-corrected chi connectivity index (χ4v) is 2.57. The Kier molecular flexibility index (Phi) is 7.32. The molecular formula is C16H24ClN3O3. The van der Waals surface area contributed by atoms with Crippen LogP contribution >= 0.6 is 12.4 Å². The van der Waals surface area contributed by atoms with Crippen LogP contribution in [0.3, 0.4) is 0 Å². The molecule has 0 bridgehead atoms. The second kappa shape index (κ2) is 8.74. The Morgan fingerprint density at radius 2 is 1.74 bits per heavy atom. The number of carbonyl (C=O) groups excluding carboxylic acids is 2. The van der Waals surface area contributed by atoms with Gasteiger partial charge in [0.15, 0.2) is 0 Å². The van der Waals surface area contributed by atoms with Gasteiger partial charge in [-0.15, -0.1) is 12.4 Å². The van der Waals surface area contributed by atoms with Gasteiger partial charge in [-0.3, -0.25) is 9.59 Å². The number of hydrogen-bond donors (Lipinski definition) is 3. The molecule has 0 atom stereocenters. The van der Waals surface area contributed by atoms with E-state index < -0.39 is 11.4 Å². The average molecular weight is 342 g/mol. The van der Waals surface area contributed by atoms with Crippen molar-refractivity contribution < 1.29 is 14.3 Å². The van der Waals surface area contributed by atoms with Crippen molar-refractivity contribution in [3.05, 3.63) is 24.3 Å². The summed E-state index contributed by atoms with van der Waals surface area (Å²) in [6, 6.07) is 6.98. The second-order valence-corrected chi connectivity index (χ2v) is 5.76. The van der Waals surface area contributed by atoms with Crippen molar-refractivity contribution in [2.24, 2.45) is 11.5 Å². The van der Waals surface area contributed by atoms with Gasteiger partial charge in [0.1, 0.15) is 5.75 Å². The van der Waals surface area contributed by atoms with Crippen molar-refractivity contribution in [3.8, 4) is 5.75 Å². The fourth-order valence-electron chi connectivity index (χ4n) is 2.57. The van der Waals surface area contributed by atoms with Gasteiger partial charge in [-0.05, 0) is 37.1 Å². The molecule has 1 saturated carbocycles. The van der Waals surface area contributed by atoms with E-state index in [0.717, 1.165) is 32.1 Å². The van der Waals surface area contributed by atoms with E-state index in [9.17, 15) is 9.59 Å². The van der Waals surface area contributed by atoms with Gasteiger partial charge in [0, 0.05) is 5.69 Å². The third kappa shape index (κ3) is 5.73. The predicted molar refractivity (Wildman–Crippen MR) is 91.6 cm³/mol. The van der Waals surface area contributed by atoms with Gasteiger partial charge < -0.3 is 21.5 Å². The Hall–Kier alpha value is -1.79. The average Bonchev–Trinajstić information content (AvgIpc) is 2.49. The molecule has 0 saturated heterocycles. The minimum absolute atomic E-state index is 0. The van der Waals surface area contributed by atoms with Crippen molar-refractivity contribution in [1.29, 1.82) is 0 Å². The van der Waals surface area contributed by atoms with Gasteiger partial charge >= 0.3 is 0 Å². The first-order valence-electron chi connectivity index (χ1n) is 7.61. The van der Waals surface area contributed by atoms with Gasteiger partial charge in [-0.25, -0.2) is 0 Å². The first-order chi connectivity index (χ1) is 10.5. The quantitative estimate of drug-likeness (QED) is 0.735. The number of ether oxygens (including phenoxy) is 1. The number of primary amides is 1. The summed E-state index contributed by atoms with van der Waals surface area (Å²) < 4.78 is 5.37. The molecule has 2 amide bonds. The van der Waals surface area contributed by atoms with Crippen molar-refractivity contribution in [3.63, 3.8) is 0 Å². The number of nitrogens with one attached hydrogen (secondary N) is 1. The Bertz CT molecular complexity index is 528. The van der Waals surface area contributed by atoms with Crippen LogP contribution in [0.1, 0.15) is 38.5 Å². The van der Waals surface area contributed by atoms with Crippen molar-refractivity contribution in [2.75, 3.05) is 11.9 Å². The monoisotopic (exact) mass is 341 g/mol. The molecule has 2 rings (SSSR count). The van der Waals surface area contributed by atoms with Crippen LogP contribution < -0.4 is 21.5 Å². The van der Waals surface area contributed by atoms with E-state index in [1.165, 1.54) is 0 Å². The number of hydrogen-bond acceptors (Lipinski definition) is 4. The molecule has 0 radical (unpaired) electrons. The highest BCUT2D eigenvalue weighted by Gasteiger charge is 2.35. The standard InChI is InChI=1S/C16H23N3O3.ClH/c17-14(20)8-11-22-13-6-4-12(5-7-13)19-15(21)16(18)9-2-1-3-10-16;/h4-7H,1-3,8-11,18H2,(H2,17,20)(H,19,21);1H. The number of anilines is 1. The second-order valence-electron chi connectivity index (χ2n) is 5.76. The first kappa shape index (κ1) is 19.3. The van der Waals surface area contributed by atoms with E-state index in [1.807, 2.05) is 0 Å². The molecule has 128 valence electrons. The maximum Gasteiger partial charge on any atom is 0.244 e. The first-order valence-corrected chi connectivity index (χ1v) is 7.61. The highest BCUT2D eigenvalue weighted by atomic mass is 35.5. The topological polar surface area (TPSA) is 107 Å². The fraction of sp³-hybridized carbons (Fsp3) is 0.500. The number of carbonyl (C=O) groups is 2. The van der Waals surface area contributed by atoms with Crippen LogP contribution in [0.5, 0.6) is 5.75 Å². The smallest absolute Gasteiger partial charge is 0.244 e. The van der Waals surface area contributed by atoms with Gasteiger partial charge in [-0.2, -0.15) is 0 Å². The van der Waals surface area contributed by atoms with Crippen LogP contribution in [0.15, 0.2) is 24.3 Å². The highest BCUT2D eigenvalue weighted by Crippen LogP contribution is 2.27. The maximum atomic E-state index is 12.3. The molecule has 1 aliphatic rings. The molecule has 0 heterocycles. The van der Waals surface area contributed by atoms with Crippen molar-refractivity contribution in [2.45, 2.75) is 44.1 Å². The zero-order valence-electron chi connectivity index (χ0n) is 13.0. The largest absolute Gasteiger partial charge is 0.493 e. The van der Waals surface area contributed by atoms with E-state index in [4.69, 9.17) is 16.2 Å². The van der Waals surface area contributed by atoms with Crippen LogP contribution in [-0.2, 0) is 9.59 Å². The lowest BCUT2D eigenvalue weighted by atomic mass is 9.82.